The normalized spacial score (nSPS) is 14.1. The molecule has 136 valence electrons. The summed E-state index contributed by atoms with van der Waals surface area (Å²) in [7, 11) is 0. The molecule has 0 unspecified atom stereocenters. The Bertz CT molecular complexity index is 831. The Morgan fingerprint density at radius 1 is 1.12 bits per heavy atom. The van der Waals surface area contributed by atoms with Gasteiger partial charge in [0.2, 0.25) is 5.91 Å². The van der Waals surface area contributed by atoms with Crippen LogP contribution >= 0.6 is 11.6 Å². The summed E-state index contributed by atoms with van der Waals surface area (Å²) in [5.41, 5.74) is 10.0. The van der Waals surface area contributed by atoms with Crippen molar-refractivity contribution in [3.05, 3.63) is 69.2 Å². The molecule has 0 spiro atoms. The summed E-state index contributed by atoms with van der Waals surface area (Å²) in [5, 5.41) is 0.646. The van der Waals surface area contributed by atoms with Crippen molar-refractivity contribution in [2.45, 2.75) is 32.7 Å². The van der Waals surface area contributed by atoms with Gasteiger partial charge < -0.3 is 5.73 Å². The minimum absolute atomic E-state index is 0.0563. The molecule has 3 rings (SSSR count). The lowest BCUT2D eigenvalue weighted by Crippen LogP contribution is -2.32. The number of carbonyl (C=O) groups is 2. The summed E-state index contributed by atoms with van der Waals surface area (Å²) in [6, 6.07) is 11.2. The molecule has 5 heteroatoms. The Kier molecular flexibility index (Phi) is 5.74. The third-order valence-electron chi connectivity index (χ3n) is 4.96. The van der Waals surface area contributed by atoms with Gasteiger partial charge in [-0.2, -0.15) is 0 Å². The highest BCUT2D eigenvalue weighted by atomic mass is 35.5. The van der Waals surface area contributed by atoms with E-state index in [1.807, 2.05) is 24.3 Å². The van der Waals surface area contributed by atoms with Crippen LogP contribution in [0.1, 0.15) is 39.5 Å². The van der Waals surface area contributed by atoms with E-state index < -0.39 is 5.91 Å². The number of halogens is 1. The molecule has 0 aromatic heterocycles. The van der Waals surface area contributed by atoms with Crippen LogP contribution in [0.15, 0.2) is 36.4 Å². The van der Waals surface area contributed by atoms with Crippen molar-refractivity contribution in [3.8, 4) is 0 Å². The first-order chi connectivity index (χ1) is 12.5. The highest BCUT2D eigenvalue weighted by Crippen LogP contribution is 2.26. The van der Waals surface area contributed by atoms with Crippen molar-refractivity contribution >= 4 is 23.3 Å². The molecule has 0 saturated heterocycles. The third kappa shape index (κ3) is 4.14. The van der Waals surface area contributed by atoms with Crippen LogP contribution in [0.2, 0.25) is 5.02 Å². The molecule has 1 amide bonds. The van der Waals surface area contributed by atoms with Crippen LogP contribution in [0, 0.1) is 0 Å². The van der Waals surface area contributed by atoms with E-state index in [4.69, 9.17) is 17.3 Å². The Balaban J connectivity index is 1.82. The van der Waals surface area contributed by atoms with Gasteiger partial charge >= 0.3 is 0 Å². The molecule has 4 nitrogen and oxygen atoms in total. The number of Topliss-reactive ketones (excluding diaryl/α,β-unsaturated/α-hetero) is 1. The van der Waals surface area contributed by atoms with Gasteiger partial charge in [0.05, 0.1) is 0 Å². The van der Waals surface area contributed by atoms with E-state index in [2.05, 4.69) is 11.8 Å². The fourth-order valence-electron chi connectivity index (χ4n) is 3.59. The van der Waals surface area contributed by atoms with Gasteiger partial charge in [-0.05, 0) is 47.4 Å². The van der Waals surface area contributed by atoms with Crippen LogP contribution < -0.4 is 5.73 Å². The number of hydrogen-bond donors (Lipinski definition) is 1. The topological polar surface area (TPSA) is 63.4 Å². The van der Waals surface area contributed by atoms with Gasteiger partial charge in [0.15, 0.2) is 0 Å². The number of ketones is 1. The van der Waals surface area contributed by atoms with E-state index >= 15 is 0 Å². The molecular weight excluding hydrogens is 348 g/mol. The summed E-state index contributed by atoms with van der Waals surface area (Å²) < 4.78 is 0. The first kappa shape index (κ1) is 18.6. The first-order valence-electron chi connectivity index (χ1n) is 8.90. The SMILES string of the molecule is CCN1CCc2c(ccc(CC(=O)Cc3ccc(Cl)cc3)c2C(N)=O)C1. The summed E-state index contributed by atoms with van der Waals surface area (Å²) in [6.45, 7) is 4.84. The summed E-state index contributed by atoms with van der Waals surface area (Å²) in [4.78, 5) is 27.0. The van der Waals surface area contributed by atoms with Gasteiger partial charge in [0.1, 0.15) is 5.78 Å². The van der Waals surface area contributed by atoms with Crippen molar-refractivity contribution in [1.29, 1.82) is 0 Å². The number of nitrogens with two attached hydrogens (primary N) is 1. The Morgan fingerprint density at radius 3 is 2.50 bits per heavy atom. The van der Waals surface area contributed by atoms with Crippen LogP contribution in [-0.4, -0.2) is 29.7 Å². The molecule has 1 aliphatic rings. The molecule has 0 saturated carbocycles. The number of rotatable bonds is 6. The lowest BCUT2D eigenvalue weighted by atomic mass is 9.88. The van der Waals surface area contributed by atoms with Gasteiger partial charge in [-0.25, -0.2) is 0 Å². The second-order valence-electron chi connectivity index (χ2n) is 6.74. The van der Waals surface area contributed by atoms with Crippen molar-refractivity contribution < 1.29 is 9.59 Å². The number of likely N-dealkylation sites (N-methyl/N-ethyl adjacent to an activating group) is 1. The quantitative estimate of drug-likeness (QED) is 0.849. The van der Waals surface area contributed by atoms with E-state index in [0.717, 1.165) is 48.3 Å². The largest absolute Gasteiger partial charge is 0.366 e. The molecule has 26 heavy (non-hydrogen) atoms. The molecular formula is C21H23ClN2O2. The number of hydrogen-bond acceptors (Lipinski definition) is 3. The number of carbonyl (C=O) groups excluding carboxylic acids is 2. The fraction of sp³-hybridized carbons (Fsp3) is 0.333. The van der Waals surface area contributed by atoms with Crippen LogP contribution in [0.3, 0.4) is 0 Å². The molecule has 0 fully saturated rings. The maximum Gasteiger partial charge on any atom is 0.249 e. The maximum absolute atomic E-state index is 12.5. The van der Waals surface area contributed by atoms with Crippen LogP contribution in [0.5, 0.6) is 0 Å². The third-order valence-corrected chi connectivity index (χ3v) is 5.22. The number of nitrogens with zero attached hydrogens (tertiary/aromatic N) is 1. The minimum Gasteiger partial charge on any atom is -0.366 e. The highest BCUT2D eigenvalue weighted by molar-refractivity contribution is 6.30. The van der Waals surface area contributed by atoms with E-state index in [9.17, 15) is 9.59 Å². The summed E-state index contributed by atoms with van der Waals surface area (Å²) >= 11 is 5.88. The zero-order valence-electron chi connectivity index (χ0n) is 14.9. The summed E-state index contributed by atoms with van der Waals surface area (Å²) in [5.74, 6) is -0.387. The van der Waals surface area contributed by atoms with E-state index in [1.54, 1.807) is 12.1 Å². The molecule has 0 atom stereocenters. The van der Waals surface area contributed by atoms with Crippen LogP contribution in [0.4, 0.5) is 0 Å². The van der Waals surface area contributed by atoms with Crippen molar-refractivity contribution in [3.63, 3.8) is 0 Å². The van der Waals surface area contributed by atoms with Crippen LogP contribution in [0.25, 0.3) is 0 Å². The van der Waals surface area contributed by atoms with Gasteiger partial charge in [-0.1, -0.05) is 42.8 Å². The molecule has 0 radical (unpaired) electrons. The monoisotopic (exact) mass is 370 g/mol. The predicted octanol–water partition coefficient (Wildman–Crippen LogP) is 3.17. The minimum atomic E-state index is -0.443. The molecule has 0 aliphatic carbocycles. The lowest BCUT2D eigenvalue weighted by molar-refractivity contribution is -0.117. The zero-order valence-corrected chi connectivity index (χ0v) is 15.7. The Hall–Kier alpha value is -2.17. The average molecular weight is 371 g/mol. The maximum atomic E-state index is 12.5. The van der Waals surface area contributed by atoms with Gasteiger partial charge in [0.25, 0.3) is 0 Å². The molecule has 1 heterocycles. The van der Waals surface area contributed by atoms with E-state index in [1.165, 1.54) is 0 Å². The van der Waals surface area contributed by atoms with Crippen LogP contribution in [-0.2, 0) is 30.6 Å². The molecule has 1 aliphatic heterocycles. The molecule has 2 aromatic rings. The van der Waals surface area contributed by atoms with E-state index in [0.29, 0.717) is 17.0 Å². The summed E-state index contributed by atoms with van der Waals surface area (Å²) in [6.07, 6.45) is 1.32. The standard InChI is InChI=1S/C21H23ClN2O2/c1-2-24-10-9-19-16(13-24)6-5-15(20(19)21(23)26)12-18(25)11-14-3-7-17(22)8-4-14/h3-8H,2,9-13H2,1H3,(H2,23,26). The second kappa shape index (κ2) is 8.02. The van der Waals surface area contributed by atoms with Gasteiger partial charge in [-0.3, -0.25) is 14.5 Å². The first-order valence-corrected chi connectivity index (χ1v) is 9.27. The van der Waals surface area contributed by atoms with Crippen molar-refractivity contribution in [2.24, 2.45) is 5.73 Å². The number of benzene rings is 2. The smallest absolute Gasteiger partial charge is 0.249 e. The van der Waals surface area contributed by atoms with Gasteiger partial charge in [-0.15, -0.1) is 0 Å². The number of fused-ring (bicyclic) bond motifs is 1. The van der Waals surface area contributed by atoms with Crippen molar-refractivity contribution in [1.82, 2.24) is 4.90 Å². The Morgan fingerprint density at radius 2 is 1.85 bits per heavy atom. The number of amides is 1. The van der Waals surface area contributed by atoms with Gasteiger partial charge in [0, 0.05) is 36.5 Å². The number of primary amides is 1. The highest BCUT2D eigenvalue weighted by Gasteiger charge is 2.23. The lowest BCUT2D eigenvalue weighted by Gasteiger charge is -2.29. The van der Waals surface area contributed by atoms with Crippen molar-refractivity contribution in [2.75, 3.05) is 13.1 Å². The van der Waals surface area contributed by atoms with E-state index in [-0.39, 0.29) is 12.2 Å². The molecule has 2 N–H and O–H groups in total. The average Bonchev–Trinajstić information content (AvgIpc) is 2.62. The fourth-order valence-corrected chi connectivity index (χ4v) is 3.72. The second-order valence-corrected chi connectivity index (χ2v) is 7.18. The molecule has 0 bridgehead atoms. The molecule has 2 aromatic carbocycles. The Labute approximate surface area is 158 Å². The predicted molar refractivity (Wildman–Crippen MR) is 103 cm³/mol. The zero-order chi connectivity index (χ0) is 18.7.